The molecule has 1 atom stereocenters. The monoisotopic (exact) mass is 734 g/mol. The van der Waals surface area contributed by atoms with Gasteiger partial charge in [-0.1, -0.05) is 40.6 Å². The van der Waals surface area contributed by atoms with Gasteiger partial charge in [0.1, 0.15) is 13.2 Å². The smallest absolute Gasteiger partial charge is 0.305 e. The molecule has 0 heterocycles. The molecule has 53 heavy (non-hydrogen) atoms. The minimum Gasteiger partial charge on any atom is -0.465 e. The Bertz CT molecular complexity index is 1620. The zero-order valence-electron chi connectivity index (χ0n) is 30.7. The number of hydrogen-bond donors (Lipinski definition) is 1. The number of carbonyl (C=O) groups is 4. The van der Waals surface area contributed by atoms with Crippen LogP contribution in [-0.4, -0.2) is 108 Å². The Morgan fingerprint density at radius 2 is 1.47 bits per heavy atom. The molecule has 0 spiro atoms. The van der Waals surface area contributed by atoms with Gasteiger partial charge in [-0.05, 0) is 83.6 Å². The quantitative estimate of drug-likeness (QED) is 0.0298. The second kappa shape index (κ2) is 24.3. The van der Waals surface area contributed by atoms with Gasteiger partial charge < -0.3 is 24.3 Å². The highest BCUT2D eigenvalue weighted by molar-refractivity contribution is 5.97. The summed E-state index contributed by atoms with van der Waals surface area (Å²) < 4.78 is 21.9. The van der Waals surface area contributed by atoms with Crippen molar-refractivity contribution in [2.24, 2.45) is 10.2 Å². The number of likely N-dealkylation sites (N-methyl/N-ethyl adjacent to an activating group) is 1. The molecule has 0 aliphatic heterocycles. The molecule has 16 nitrogen and oxygen atoms in total. The number of nitrogens with zero attached hydrogens (tertiary/aromatic N) is 7. The van der Waals surface area contributed by atoms with E-state index in [4.69, 9.17) is 30.0 Å². The van der Waals surface area contributed by atoms with E-state index in [0.717, 1.165) is 47.1 Å². The third-order valence-corrected chi connectivity index (χ3v) is 8.65. The molecule has 1 aliphatic rings. The Hall–Kier alpha value is -4.98. The van der Waals surface area contributed by atoms with E-state index in [2.05, 4.69) is 43.6 Å². The molecule has 16 heteroatoms. The maximum atomic E-state index is 13.2. The fourth-order valence-electron chi connectivity index (χ4n) is 6.00. The summed E-state index contributed by atoms with van der Waals surface area (Å²) in [6.07, 6.45) is 3.99. The molecule has 2 aromatic rings. The van der Waals surface area contributed by atoms with Gasteiger partial charge in [0.05, 0.1) is 19.8 Å². The Morgan fingerprint density at radius 1 is 0.792 bits per heavy atom. The summed E-state index contributed by atoms with van der Waals surface area (Å²) in [5.41, 5.74) is 22.5. The van der Waals surface area contributed by atoms with E-state index >= 15 is 0 Å². The van der Waals surface area contributed by atoms with Crippen molar-refractivity contribution >= 4 is 23.6 Å². The van der Waals surface area contributed by atoms with Crippen LogP contribution in [0.2, 0.25) is 0 Å². The average molecular weight is 735 g/mol. The molecule has 0 fully saturated rings. The lowest BCUT2D eigenvalue weighted by molar-refractivity contribution is -0.144. The average Bonchev–Trinajstić information content (AvgIpc) is 3.46. The van der Waals surface area contributed by atoms with Gasteiger partial charge in [0.15, 0.2) is 5.78 Å². The van der Waals surface area contributed by atoms with Gasteiger partial charge in [0, 0.05) is 81.0 Å². The van der Waals surface area contributed by atoms with Crippen LogP contribution in [0.5, 0.6) is 0 Å². The normalized spacial score (nSPS) is 12.6. The van der Waals surface area contributed by atoms with E-state index < -0.39 is 5.97 Å². The molecular weight excluding hydrogens is 684 g/mol. The number of hydrogen-bond acceptors (Lipinski definition) is 11. The number of fused-ring (bicyclic) bond motifs is 3. The van der Waals surface area contributed by atoms with Gasteiger partial charge >= 0.3 is 11.9 Å². The molecule has 1 amide bonds. The highest BCUT2D eigenvalue weighted by atomic mass is 16.5. The summed E-state index contributed by atoms with van der Waals surface area (Å²) in [7, 11) is 1.55. The molecule has 0 radical (unpaired) electrons. The van der Waals surface area contributed by atoms with Gasteiger partial charge in [-0.25, -0.2) is 0 Å². The molecule has 3 rings (SSSR count). The summed E-state index contributed by atoms with van der Waals surface area (Å²) in [5, 5.41) is 9.49. The SMILES string of the molecule is CNC(=O)CN(CCCC(=O)OCC1c2cc(CCCCOCCN=[N+]=[N-])ccc2-c2ccc(C(=O)CCCOCCN=[N+]=[N-])cc21)CCOC(C)=O. The second-order valence-corrected chi connectivity index (χ2v) is 12.5. The van der Waals surface area contributed by atoms with E-state index in [1.165, 1.54) is 6.92 Å². The van der Waals surface area contributed by atoms with Crippen molar-refractivity contribution in [1.82, 2.24) is 10.2 Å². The number of rotatable bonds is 27. The fraction of sp³-hybridized carbons (Fsp3) is 0.568. The first kappa shape index (κ1) is 42.4. The topological polar surface area (TPSA) is 218 Å². The molecule has 0 saturated heterocycles. The van der Waals surface area contributed by atoms with Crippen molar-refractivity contribution in [1.29, 1.82) is 0 Å². The van der Waals surface area contributed by atoms with Crippen LogP contribution in [0, 0.1) is 0 Å². The third kappa shape index (κ3) is 15.3. The van der Waals surface area contributed by atoms with E-state index in [1.807, 2.05) is 23.1 Å². The number of Topliss-reactive ketones (excluding diaryl/α,β-unsaturated/α-hetero) is 1. The molecule has 0 aromatic heterocycles. The van der Waals surface area contributed by atoms with E-state index in [1.54, 1.807) is 7.05 Å². The van der Waals surface area contributed by atoms with Crippen molar-refractivity contribution < 1.29 is 38.1 Å². The minimum absolute atomic E-state index is 0.0181. The Balaban J connectivity index is 1.67. The second-order valence-electron chi connectivity index (χ2n) is 12.5. The molecule has 0 saturated carbocycles. The summed E-state index contributed by atoms with van der Waals surface area (Å²) in [5.74, 6) is -1.24. The highest BCUT2D eigenvalue weighted by Crippen LogP contribution is 2.46. The van der Waals surface area contributed by atoms with Gasteiger partial charge in [-0.2, -0.15) is 0 Å². The zero-order valence-corrected chi connectivity index (χ0v) is 30.7. The van der Waals surface area contributed by atoms with Crippen LogP contribution >= 0.6 is 0 Å². The van der Waals surface area contributed by atoms with Crippen LogP contribution in [0.15, 0.2) is 46.6 Å². The Labute approximate surface area is 309 Å². The first-order valence-electron chi connectivity index (χ1n) is 18.0. The van der Waals surface area contributed by atoms with Crippen LogP contribution in [0.25, 0.3) is 32.0 Å². The van der Waals surface area contributed by atoms with E-state index in [9.17, 15) is 19.2 Å². The lowest BCUT2D eigenvalue weighted by Crippen LogP contribution is -2.38. The van der Waals surface area contributed by atoms with Gasteiger partial charge in [0.2, 0.25) is 5.91 Å². The molecular formula is C37H50N8O8. The third-order valence-electron chi connectivity index (χ3n) is 8.65. The number of ketones is 1. The van der Waals surface area contributed by atoms with E-state index in [0.29, 0.717) is 70.9 Å². The predicted octanol–water partition coefficient (Wildman–Crippen LogP) is 5.67. The van der Waals surface area contributed by atoms with Crippen molar-refractivity contribution in [3.8, 4) is 11.1 Å². The molecule has 2 aromatic carbocycles. The maximum absolute atomic E-state index is 13.2. The summed E-state index contributed by atoms with van der Waals surface area (Å²) >= 11 is 0. The van der Waals surface area contributed by atoms with Crippen molar-refractivity contribution in [3.63, 3.8) is 0 Å². The Morgan fingerprint density at radius 3 is 2.15 bits per heavy atom. The van der Waals surface area contributed by atoms with Crippen molar-refractivity contribution in [2.45, 2.75) is 57.8 Å². The molecule has 1 aliphatic carbocycles. The molecule has 286 valence electrons. The largest absolute Gasteiger partial charge is 0.465 e. The molecule has 1 unspecified atom stereocenters. The fourth-order valence-corrected chi connectivity index (χ4v) is 6.00. The summed E-state index contributed by atoms with van der Waals surface area (Å²) in [4.78, 5) is 56.6. The zero-order chi connectivity index (χ0) is 38.3. The van der Waals surface area contributed by atoms with Crippen LogP contribution in [0.1, 0.15) is 78.4 Å². The summed E-state index contributed by atoms with van der Waals surface area (Å²) in [6, 6.07) is 12.1. The number of ether oxygens (including phenoxy) is 4. The number of azide groups is 2. The van der Waals surface area contributed by atoms with Crippen molar-refractivity contribution in [3.05, 3.63) is 79.5 Å². The number of unbranched alkanes of at least 4 members (excludes halogenated alkanes) is 1. The highest BCUT2D eigenvalue weighted by Gasteiger charge is 2.31. The number of amides is 1. The van der Waals surface area contributed by atoms with Crippen LogP contribution in [-0.2, 0) is 39.8 Å². The number of carbonyl (C=O) groups excluding carboxylic acids is 4. The van der Waals surface area contributed by atoms with Crippen LogP contribution < -0.4 is 5.32 Å². The van der Waals surface area contributed by atoms with Gasteiger partial charge in [0.25, 0.3) is 0 Å². The van der Waals surface area contributed by atoms with Crippen molar-refractivity contribution in [2.75, 3.05) is 79.4 Å². The predicted molar refractivity (Wildman–Crippen MR) is 197 cm³/mol. The minimum atomic E-state index is -0.401. The number of esters is 2. The lowest BCUT2D eigenvalue weighted by Gasteiger charge is -2.21. The lowest BCUT2D eigenvalue weighted by atomic mass is 9.94. The van der Waals surface area contributed by atoms with Crippen LogP contribution in [0.4, 0.5) is 0 Å². The first-order chi connectivity index (χ1) is 25.8. The standard InChI is InChI=1S/C37H50N8O8/c1-27(46)52-22-17-45(25-36(48)40-2)16-5-9-37(49)53-26-34-32-23-28(7-3-4-18-50-20-14-41-43-38)10-12-30(32)31-13-11-29(24-33(31)34)35(47)8-6-19-51-21-15-42-44-39/h10-13,23-24,34H,3-9,14-22,25-26H2,1-2H3,(H,40,48). The number of nitrogens with one attached hydrogen (secondary N) is 1. The Kier molecular flexibility index (Phi) is 19.5. The molecule has 0 bridgehead atoms. The molecule has 1 N–H and O–H groups in total. The van der Waals surface area contributed by atoms with Crippen LogP contribution in [0.3, 0.4) is 0 Å². The first-order valence-corrected chi connectivity index (χ1v) is 18.0. The van der Waals surface area contributed by atoms with E-state index in [-0.39, 0.29) is 56.3 Å². The maximum Gasteiger partial charge on any atom is 0.305 e. The number of benzene rings is 2. The number of aryl methyl sites for hydroxylation is 1. The van der Waals surface area contributed by atoms with Gasteiger partial charge in [-0.3, -0.25) is 24.1 Å². The van der Waals surface area contributed by atoms with Gasteiger partial charge in [-0.15, -0.1) is 0 Å². The summed E-state index contributed by atoms with van der Waals surface area (Å²) in [6.45, 7) is 4.67.